The number of aliphatic hydroxyl groups is 1. The van der Waals surface area contributed by atoms with Gasteiger partial charge in [-0.1, -0.05) is 37.0 Å². The fourth-order valence-corrected chi connectivity index (χ4v) is 5.41. The molecule has 0 spiro atoms. The molecule has 2 aromatic rings. The summed E-state index contributed by atoms with van der Waals surface area (Å²) in [5.41, 5.74) is 1.07. The van der Waals surface area contributed by atoms with Crippen LogP contribution in [0.15, 0.2) is 52.3 Å². The number of halogens is 3. The molecular weight excluding hydrogens is 451 g/mol. The average Bonchev–Trinajstić information content (AvgIpc) is 2.95. The van der Waals surface area contributed by atoms with E-state index in [4.69, 9.17) is 0 Å². The summed E-state index contributed by atoms with van der Waals surface area (Å²) in [7, 11) is -3.75. The minimum atomic E-state index is -4.46. The van der Waals surface area contributed by atoms with Crippen LogP contribution < -0.4 is 0 Å². The van der Waals surface area contributed by atoms with Gasteiger partial charge in [0.25, 0.3) is 0 Å². The minimum Gasteiger partial charge on any atom is -0.379 e. The Kier molecular flexibility index (Phi) is 7.37. The van der Waals surface area contributed by atoms with Gasteiger partial charge in [-0.3, -0.25) is 4.90 Å². The number of alkyl halides is 3. The molecule has 1 N–H and O–H groups in total. The Morgan fingerprint density at radius 3 is 2.36 bits per heavy atom. The van der Waals surface area contributed by atoms with Crippen LogP contribution in [0.5, 0.6) is 0 Å². The first-order valence-corrected chi connectivity index (χ1v) is 12.1. The van der Waals surface area contributed by atoms with Crippen LogP contribution in [0.25, 0.3) is 5.57 Å². The van der Waals surface area contributed by atoms with Gasteiger partial charge in [-0.2, -0.15) is 13.2 Å². The number of aliphatic hydroxyl groups excluding tert-OH is 1. The summed E-state index contributed by atoms with van der Waals surface area (Å²) >= 11 is 0. The fourth-order valence-electron chi connectivity index (χ4n) is 3.85. The molecular formula is C25H26F3NO3S. The van der Waals surface area contributed by atoms with Crippen LogP contribution in [0.3, 0.4) is 0 Å². The van der Waals surface area contributed by atoms with Crippen LogP contribution in [-0.2, 0) is 16.0 Å². The van der Waals surface area contributed by atoms with Gasteiger partial charge in [0.2, 0.25) is 9.84 Å². The Morgan fingerprint density at radius 1 is 1.12 bits per heavy atom. The van der Waals surface area contributed by atoms with E-state index in [1.165, 1.54) is 25.1 Å². The molecule has 4 nitrogen and oxygen atoms in total. The maximum Gasteiger partial charge on any atom is 0.416 e. The number of allylic oxidation sites excluding steroid dienone is 1. The zero-order valence-corrected chi connectivity index (χ0v) is 19.5. The van der Waals surface area contributed by atoms with E-state index in [2.05, 4.69) is 11.8 Å². The Morgan fingerprint density at radius 2 is 1.79 bits per heavy atom. The molecule has 1 aliphatic heterocycles. The van der Waals surface area contributed by atoms with Crippen molar-refractivity contribution in [3.8, 4) is 11.8 Å². The molecule has 1 atom stereocenters. The van der Waals surface area contributed by atoms with Crippen molar-refractivity contribution in [2.45, 2.75) is 50.9 Å². The van der Waals surface area contributed by atoms with Crippen molar-refractivity contribution >= 4 is 15.4 Å². The Hall–Kier alpha value is -2.60. The highest BCUT2D eigenvalue weighted by Gasteiger charge is 2.34. The third kappa shape index (κ3) is 5.32. The van der Waals surface area contributed by atoms with Crippen molar-refractivity contribution in [2.24, 2.45) is 0 Å². The lowest BCUT2D eigenvalue weighted by Gasteiger charge is -2.22. The zero-order valence-electron chi connectivity index (χ0n) is 18.7. The smallest absolute Gasteiger partial charge is 0.379 e. The third-order valence-electron chi connectivity index (χ3n) is 5.71. The lowest BCUT2D eigenvalue weighted by molar-refractivity contribution is -0.137. The minimum absolute atomic E-state index is 0.111. The summed E-state index contributed by atoms with van der Waals surface area (Å²) in [5, 5.41) is 9.64. The monoisotopic (exact) mass is 477 g/mol. The number of hydrogen-bond acceptors (Lipinski definition) is 4. The molecule has 0 aliphatic carbocycles. The van der Waals surface area contributed by atoms with Crippen LogP contribution in [-0.4, -0.2) is 37.7 Å². The predicted octanol–water partition coefficient (Wildman–Crippen LogP) is 5.06. The first-order valence-electron chi connectivity index (χ1n) is 10.7. The molecule has 1 aliphatic rings. The lowest BCUT2D eigenvalue weighted by atomic mass is 9.96. The highest BCUT2D eigenvalue weighted by Crippen LogP contribution is 2.43. The molecule has 0 fully saturated rings. The molecule has 0 bridgehead atoms. The number of rotatable bonds is 6. The van der Waals surface area contributed by atoms with E-state index in [1.807, 2.05) is 11.8 Å². The number of fused-ring (bicyclic) bond motifs is 1. The van der Waals surface area contributed by atoms with Crippen molar-refractivity contribution in [3.05, 3.63) is 69.6 Å². The quantitative estimate of drug-likeness (QED) is 0.359. The fraction of sp³-hybridized carbons (Fsp3) is 0.360. The van der Waals surface area contributed by atoms with E-state index >= 15 is 0 Å². The van der Waals surface area contributed by atoms with Crippen molar-refractivity contribution in [2.75, 3.05) is 13.1 Å². The van der Waals surface area contributed by atoms with Crippen LogP contribution in [0.4, 0.5) is 13.2 Å². The summed E-state index contributed by atoms with van der Waals surface area (Å²) in [6.07, 6.45) is -3.60. The molecule has 0 aromatic heterocycles. The van der Waals surface area contributed by atoms with Crippen molar-refractivity contribution in [1.29, 1.82) is 0 Å². The van der Waals surface area contributed by atoms with Gasteiger partial charge in [-0.15, -0.1) is 0 Å². The van der Waals surface area contributed by atoms with Gasteiger partial charge < -0.3 is 5.11 Å². The normalized spacial score (nSPS) is 15.9. The second-order valence-electron chi connectivity index (χ2n) is 7.89. The Balaban J connectivity index is 1.83. The molecule has 0 saturated heterocycles. The standard InChI is InChI=1S/C25H26F3NO3S/c1-4-29(18(3)30)15-7-5-6-8-19-9-14-22-23(16-19)33(31,32)17(2)24(22)20-10-12-21(13-11-20)25(26,27)28/h9-14,16,18,30H,4-5,7,15H2,1-3H3. The molecule has 0 amide bonds. The number of sulfone groups is 1. The molecule has 0 saturated carbocycles. The summed E-state index contributed by atoms with van der Waals surface area (Å²) in [4.78, 5) is 2.15. The molecule has 0 radical (unpaired) electrons. The Labute approximate surface area is 192 Å². The van der Waals surface area contributed by atoms with E-state index in [0.717, 1.165) is 25.1 Å². The first kappa shape index (κ1) is 25.0. The van der Waals surface area contributed by atoms with Crippen molar-refractivity contribution < 1.29 is 26.7 Å². The summed E-state index contributed by atoms with van der Waals surface area (Å²) in [6.45, 7) is 6.60. The van der Waals surface area contributed by atoms with Crippen LogP contribution in [0.1, 0.15) is 55.9 Å². The van der Waals surface area contributed by atoms with E-state index in [0.29, 0.717) is 35.2 Å². The molecule has 8 heteroatoms. The number of hydrogen-bond donors (Lipinski definition) is 1. The maximum absolute atomic E-state index is 13.0. The number of unbranched alkanes of at least 4 members (excludes halogenated alkanes) is 1. The van der Waals surface area contributed by atoms with Gasteiger partial charge in [0.1, 0.15) is 6.23 Å². The third-order valence-corrected chi connectivity index (χ3v) is 7.64. The van der Waals surface area contributed by atoms with E-state index in [1.54, 1.807) is 19.1 Å². The molecule has 2 aromatic carbocycles. The van der Waals surface area contributed by atoms with Gasteiger partial charge in [-0.25, -0.2) is 8.42 Å². The second kappa shape index (κ2) is 9.72. The van der Waals surface area contributed by atoms with Gasteiger partial charge in [0.05, 0.1) is 15.4 Å². The highest BCUT2D eigenvalue weighted by atomic mass is 32.2. The summed E-state index contributed by atoms with van der Waals surface area (Å²) in [5.74, 6) is 6.03. The molecule has 176 valence electrons. The highest BCUT2D eigenvalue weighted by molar-refractivity contribution is 7.95. The zero-order chi connectivity index (χ0) is 24.4. The van der Waals surface area contributed by atoms with E-state index in [-0.39, 0.29) is 9.80 Å². The Bertz CT molecular complexity index is 1220. The van der Waals surface area contributed by atoms with Gasteiger partial charge in [0.15, 0.2) is 0 Å². The number of nitrogens with zero attached hydrogens (tertiary/aromatic N) is 1. The first-order chi connectivity index (χ1) is 15.5. The second-order valence-corrected chi connectivity index (χ2v) is 9.95. The molecule has 1 unspecified atom stereocenters. The molecule has 33 heavy (non-hydrogen) atoms. The SMILES string of the molecule is CCN(CCCC#Cc1ccc2c(c1)S(=O)(=O)C(C)=C2c1ccc(C(F)(F)F)cc1)C(C)O. The maximum atomic E-state index is 13.0. The topological polar surface area (TPSA) is 57.6 Å². The van der Waals surface area contributed by atoms with Crippen LogP contribution in [0, 0.1) is 11.8 Å². The largest absolute Gasteiger partial charge is 0.416 e. The predicted molar refractivity (Wildman–Crippen MR) is 122 cm³/mol. The van der Waals surface area contributed by atoms with E-state index in [9.17, 15) is 26.7 Å². The van der Waals surface area contributed by atoms with Crippen LogP contribution in [0.2, 0.25) is 0 Å². The molecule has 3 rings (SSSR count). The van der Waals surface area contributed by atoms with Crippen LogP contribution >= 0.6 is 0 Å². The van der Waals surface area contributed by atoms with Gasteiger partial charge in [0, 0.05) is 29.7 Å². The lowest BCUT2D eigenvalue weighted by Crippen LogP contribution is -2.33. The number of benzene rings is 2. The summed E-state index contributed by atoms with van der Waals surface area (Å²) < 4.78 is 64.6. The molecule has 1 heterocycles. The van der Waals surface area contributed by atoms with Crippen molar-refractivity contribution in [3.63, 3.8) is 0 Å². The average molecular weight is 478 g/mol. The van der Waals surface area contributed by atoms with E-state index < -0.39 is 27.8 Å². The summed E-state index contributed by atoms with van der Waals surface area (Å²) in [6, 6.07) is 9.41. The van der Waals surface area contributed by atoms with Gasteiger partial charge >= 0.3 is 6.18 Å². The van der Waals surface area contributed by atoms with Crippen molar-refractivity contribution in [1.82, 2.24) is 4.90 Å². The van der Waals surface area contributed by atoms with Gasteiger partial charge in [-0.05, 0) is 56.6 Å².